The van der Waals surface area contributed by atoms with Crippen molar-refractivity contribution in [2.24, 2.45) is 0 Å². The van der Waals surface area contributed by atoms with Crippen LogP contribution in [0.5, 0.6) is 0 Å². The quantitative estimate of drug-likeness (QED) is 0.710. The first-order valence-electron chi connectivity index (χ1n) is 9.02. The molecule has 0 saturated carbocycles. The van der Waals surface area contributed by atoms with E-state index in [1.807, 2.05) is 29.1 Å². The van der Waals surface area contributed by atoms with E-state index in [9.17, 15) is 0 Å². The molecule has 0 aliphatic carbocycles. The highest BCUT2D eigenvalue weighted by Gasteiger charge is 2.10. The fourth-order valence-corrected chi connectivity index (χ4v) is 3.22. The van der Waals surface area contributed by atoms with E-state index < -0.39 is 0 Å². The number of para-hydroxylation sites is 1. The molecule has 2 heterocycles. The number of aromatic nitrogens is 2. The third-order valence-electron chi connectivity index (χ3n) is 4.77. The summed E-state index contributed by atoms with van der Waals surface area (Å²) in [5.41, 5.74) is 5.80. The highest BCUT2D eigenvalue weighted by atomic mass is 16.5. The molecule has 1 aliphatic rings. The van der Waals surface area contributed by atoms with Crippen LogP contribution in [0.25, 0.3) is 17.8 Å². The van der Waals surface area contributed by atoms with E-state index in [0.717, 1.165) is 43.2 Å². The molecule has 0 unspecified atom stereocenters. The van der Waals surface area contributed by atoms with E-state index in [4.69, 9.17) is 4.74 Å². The molecule has 0 bridgehead atoms. The zero-order valence-corrected chi connectivity index (χ0v) is 15.0. The Kier molecular flexibility index (Phi) is 4.84. The molecule has 0 N–H and O–H groups in total. The number of hydrogen-bond donors (Lipinski definition) is 0. The number of benzene rings is 2. The number of morpholine rings is 1. The number of nitrogens with zero attached hydrogens (tertiary/aromatic N) is 3. The first-order chi connectivity index (χ1) is 12.8. The largest absolute Gasteiger partial charge is 0.378 e. The van der Waals surface area contributed by atoms with Gasteiger partial charge in [-0.3, -0.25) is 0 Å². The number of rotatable bonds is 4. The lowest BCUT2D eigenvalue weighted by Gasteiger charge is -2.28. The minimum Gasteiger partial charge on any atom is -0.378 e. The van der Waals surface area contributed by atoms with Gasteiger partial charge in [-0.05, 0) is 36.8 Å². The van der Waals surface area contributed by atoms with Crippen LogP contribution in [-0.4, -0.2) is 36.1 Å². The molecule has 3 aromatic rings. The van der Waals surface area contributed by atoms with E-state index in [0.29, 0.717) is 0 Å². The highest BCUT2D eigenvalue weighted by Crippen LogP contribution is 2.19. The molecule has 26 heavy (non-hydrogen) atoms. The smallest absolute Gasteiger partial charge is 0.0648 e. The van der Waals surface area contributed by atoms with E-state index in [2.05, 4.69) is 65.5 Å². The van der Waals surface area contributed by atoms with Crippen LogP contribution in [0, 0.1) is 6.92 Å². The second-order valence-electron chi connectivity index (χ2n) is 6.46. The summed E-state index contributed by atoms with van der Waals surface area (Å²) in [7, 11) is 0. The van der Waals surface area contributed by atoms with Crippen LogP contribution in [-0.2, 0) is 4.74 Å². The van der Waals surface area contributed by atoms with Crippen molar-refractivity contribution in [1.29, 1.82) is 0 Å². The Balaban J connectivity index is 1.49. The average Bonchev–Trinajstić information content (AvgIpc) is 3.08. The fraction of sp³-hybridized carbons (Fsp3) is 0.227. The molecular weight excluding hydrogens is 322 g/mol. The van der Waals surface area contributed by atoms with Gasteiger partial charge < -0.3 is 9.64 Å². The summed E-state index contributed by atoms with van der Waals surface area (Å²) in [4.78, 5) is 2.37. The lowest BCUT2D eigenvalue weighted by molar-refractivity contribution is 0.122. The fourth-order valence-electron chi connectivity index (χ4n) is 3.22. The third-order valence-corrected chi connectivity index (χ3v) is 4.77. The second kappa shape index (κ2) is 7.58. The van der Waals surface area contributed by atoms with Crippen molar-refractivity contribution in [1.82, 2.24) is 9.78 Å². The highest BCUT2D eigenvalue weighted by molar-refractivity contribution is 5.71. The van der Waals surface area contributed by atoms with Crippen molar-refractivity contribution < 1.29 is 4.74 Å². The van der Waals surface area contributed by atoms with E-state index in [1.54, 1.807) is 0 Å². The summed E-state index contributed by atoms with van der Waals surface area (Å²) in [5.74, 6) is 0. The molecule has 132 valence electrons. The summed E-state index contributed by atoms with van der Waals surface area (Å²) in [6.07, 6.45) is 6.19. The molecule has 1 aromatic heterocycles. The predicted octanol–water partition coefficient (Wildman–Crippen LogP) is 4.19. The van der Waals surface area contributed by atoms with Gasteiger partial charge in [-0.25, -0.2) is 4.68 Å². The Bertz CT molecular complexity index is 876. The van der Waals surface area contributed by atoms with E-state index in [-0.39, 0.29) is 0 Å². The lowest BCUT2D eigenvalue weighted by Crippen LogP contribution is -2.36. The van der Waals surface area contributed by atoms with Gasteiger partial charge in [-0.2, -0.15) is 5.10 Å². The Morgan fingerprint density at radius 3 is 2.35 bits per heavy atom. The van der Waals surface area contributed by atoms with Gasteiger partial charge >= 0.3 is 0 Å². The third kappa shape index (κ3) is 3.55. The van der Waals surface area contributed by atoms with E-state index in [1.165, 1.54) is 11.3 Å². The van der Waals surface area contributed by atoms with Gasteiger partial charge in [0.1, 0.15) is 0 Å². The molecule has 1 aliphatic heterocycles. The maximum absolute atomic E-state index is 5.42. The normalized spacial score (nSPS) is 14.9. The van der Waals surface area contributed by atoms with Gasteiger partial charge in [0.25, 0.3) is 0 Å². The van der Waals surface area contributed by atoms with Crippen LogP contribution in [0.3, 0.4) is 0 Å². The van der Waals surface area contributed by atoms with Crippen LogP contribution in [0.15, 0.2) is 60.8 Å². The van der Waals surface area contributed by atoms with Crippen molar-refractivity contribution in [3.63, 3.8) is 0 Å². The monoisotopic (exact) mass is 345 g/mol. The molecule has 0 radical (unpaired) electrons. The van der Waals surface area contributed by atoms with Crippen molar-refractivity contribution in [3.05, 3.63) is 77.6 Å². The lowest BCUT2D eigenvalue weighted by atomic mass is 10.1. The predicted molar refractivity (Wildman–Crippen MR) is 107 cm³/mol. The SMILES string of the molecule is Cc1c(/C=C/c2ccc(N3CCOCC3)cc2)cnn1-c1ccccc1. The zero-order valence-electron chi connectivity index (χ0n) is 15.0. The second-order valence-corrected chi connectivity index (χ2v) is 6.46. The first-order valence-corrected chi connectivity index (χ1v) is 9.02. The summed E-state index contributed by atoms with van der Waals surface area (Å²) in [5, 5.41) is 4.52. The Labute approximate surface area is 154 Å². The number of ether oxygens (including phenoxy) is 1. The summed E-state index contributed by atoms with van der Waals surface area (Å²) < 4.78 is 7.39. The van der Waals surface area contributed by atoms with Gasteiger partial charge in [-0.15, -0.1) is 0 Å². The van der Waals surface area contributed by atoms with Gasteiger partial charge in [-0.1, -0.05) is 42.5 Å². The van der Waals surface area contributed by atoms with Crippen LogP contribution in [0.4, 0.5) is 5.69 Å². The molecule has 0 amide bonds. The summed E-state index contributed by atoms with van der Waals surface area (Å²) in [6.45, 7) is 5.65. The number of hydrogen-bond acceptors (Lipinski definition) is 3. The van der Waals surface area contributed by atoms with E-state index >= 15 is 0 Å². The first kappa shape index (κ1) is 16.6. The van der Waals surface area contributed by atoms with Crippen LogP contribution < -0.4 is 4.90 Å². The molecule has 0 spiro atoms. The van der Waals surface area contributed by atoms with Crippen molar-refractivity contribution in [2.75, 3.05) is 31.2 Å². The molecular formula is C22H23N3O. The van der Waals surface area contributed by atoms with Crippen molar-refractivity contribution >= 4 is 17.8 Å². The molecule has 4 nitrogen and oxygen atoms in total. The van der Waals surface area contributed by atoms with Crippen LogP contribution >= 0.6 is 0 Å². The van der Waals surface area contributed by atoms with Gasteiger partial charge in [0.05, 0.1) is 25.1 Å². The van der Waals surface area contributed by atoms with Gasteiger partial charge in [0.15, 0.2) is 0 Å². The molecule has 1 saturated heterocycles. The van der Waals surface area contributed by atoms with Crippen LogP contribution in [0.2, 0.25) is 0 Å². The van der Waals surface area contributed by atoms with Crippen LogP contribution in [0.1, 0.15) is 16.8 Å². The van der Waals surface area contributed by atoms with Gasteiger partial charge in [0.2, 0.25) is 0 Å². The Morgan fingerprint density at radius 1 is 0.885 bits per heavy atom. The molecule has 2 aromatic carbocycles. The average molecular weight is 345 g/mol. The molecule has 4 rings (SSSR count). The Hall–Kier alpha value is -2.85. The minimum atomic E-state index is 0.812. The van der Waals surface area contributed by atoms with Crippen molar-refractivity contribution in [2.45, 2.75) is 6.92 Å². The summed E-state index contributed by atoms with van der Waals surface area (Å²) >= 11 is 0. The summed E-state index contributed by atoms with van der Waals surface area (Å²) in [6, 6.07) is 18.9. The molecule has 4 heteroatoms. The number of anilines is 1. The minimum absolute atomic E-state index is 0.812. The maximum Gasteiger partial charge on any atom is 0.0648 e. The zero-order chi connectivity index (χ0) is 17.8. The van der Waals surface area contributed by atoms with Crippen molar-refractivity contribution in [3.8, 4) is 5.69 Å². The standard InChI is InChI=1S/C22H23N3O/c1-18-20(17-23-25(18)22-5-3-2-4-6-22)10-7-19-8-11-21(12-9-19)24-13-15-26-16-14-24/h2-12,17H,13-16H2,1H3/b10-7+. The maximum atomic E-state index is 5.42. The molecule has 1 fully saturated rings. The molecule has 0 atom stereocenters. The Morgan fingerprint density at radius 2 is 1.62 bits per heavy atom. The van der Waals surface area contributed by atoms with Gasteiger partial charge in [0, 0.05) is 30.0 Å². The topological polar surface area (TPSA) is 30.3 Å².